The van der Waals surface area contributed by atoms with Crippen molar-refractivity contribution in [2.45, 2.75) is 11.1 Å². The number of nitrogens with zero attached hydrogens (tertiary/aromatic N) is 3. The minimum atomic E-state index is -4.78. The first-order valence-electron chi connectivity index (χ1n) is 7.62. The third kappa shape index (κ3) is 4.52. The second kappa shape index (κ2) is 7.65. The number of halogens is 4. The van der Waals surface area contributed by atoms with E-state index in [1.807, 2.05) is 0 Å². The van der Waals surface area contributed by atoms with Crippen molar-refractivity contribution >= 4 is 49.7 Å². The molecule has 3 rings (SSSR count). The van der Waals surface area contributed by atoms with E-state index in [0.29, 0.717) is 4.68 Å². The molecule has 2 N–H and O–H groups in total. The summed E-state index contributed by atoms with van der Waals surface area (Å²) in [6, 6.07) is 4.98. The number of aryl methyl sites for hydroxylation is 1. The zero-order valence-electron chi connectivity index (χ0n) is 14.4. The molecule has 0 fully saturated rings. The van der Waals surface area contributed by atoms with Crippen LogP contribution < -0.4 is 10.0 Å². The number of carbonyl (C=O) groups is 1. The number of carbonyl (C=O) groups excluding carboxylic acids is 1. The molecule has 0 aliphatic rings. The van der Waals surface area contributed by atoms with Crippen molar-refractivity contribution in [3.63, 3.8) is 0 Å². The Labute approximate surface area is 171 Å². The lowest BCUT2D eigenvalue weighted by Crippen LogP contribution is -2.15. The highest BCUT2D eigenvalue weighted by Gasteiger charge is 2.40. The van der Waals surface area contributed by atoms with E-state index < -0.39 is 38.5 Å². The fourth-order valence-electron chi connectivity index (χ4n) is 2.31. The molecular formula is C15H11ClF3N5O3S2. The van der Waals surface area contributed by atoms with E-state index >= 15 is 0 Å². The highest BCUT2D eigenvalue weighted by atomic mass is 35.5. The maximum absolute atomic E-state index is 13.0. The number of hydrogen-bond donors (Lipinski definition) is 2. The van der Waals surface area contributed by atoms with Gasteiger partial charge in [-0.15, -0.1) is 11.3 Å². The van der Waals surface area contributed by atoms with Crippen molar-refractivity contribution in [1.82, 2.24) is 14.8 Å². The van der Waals surface area contributed by atoms with Crippen molar-refractivity contribution in [2.24, 2.45) is 7.05 Å². The van der Waals surface area contributed by atoms with Gasteiger partial charge in [0.2, 0.25) is 0 Å². The van der Waals surface area contributed by atoms with Crippen LogP contribution in [0.15, 0.2) is 40.7 Å². The van der Waals surface area contributed by atoms with Crippen LogP contribution in [0.1, 0.15) is 16.2 Å². The van der Waals surface area contributed by atoms with Crippen LogP contribution in [-0.2, 0) is 23.2 Å². The van der Waals surface area contributed by atoms with Gasteiger partial charge in [0, 0.05) is 24.3 Å². The number of hydrogen-bond acceptors (Lipinski definition) is 6. The number of nitrogens with one attached hydrogen (secondary N) is 2. The highest BCUT2D eigenvalue weighted by Crippen LogP contribution is 2.36. The summed E-state index contributed by atoms with van der Waals surface area (Å²) in [5.74, 6) is -0.974. The molecule has 29 heavy (non-hydrogen) atoms. The molecule has 0 radical (unpaired) electrons. The van der Waals surface area contributed by atoms with Crippen molar-refractivity contribution < 1.29 is 26.4 Å². The number of alkyl halides is 3. The minimum absolute atomic E-state index is 0.0964. The fourth-order valence-corrected chi connectivity index (χ4v) is 4.45. The van der Waals surface area contributed by atoms with Gasteiger partial charge in [-0.25, -0.2) is 13.4 Å². The number of thiazole rings is 1. The number of amides is 1. The molecule has 0 unspecified atom stereocenters. The Kier molecular flexibility index (Phi) is 5.56. The van der Waals surface area contributed by atoms with E-state index in [4.69, 9.17) is 11.6 Å². The molecule has 2 aromatic heterocycles. The molecule has 154 valence electrons. The smallest absolute Gasteiger partial charge is 0.321 e. The lowest BCUT2D eigenvalue weighted by molar-refractivity contribution is -0.143. The van der Waals surface area contributed by atoms with Crippen LogP contribution in [0.4, 0.5) is 24.0 Å². The van der Waals surface area contributed by atoms with E-state index in [2.05, 4.69) is 20.1 Å². The Morgan fingerprint density at radius 1 is 1.24 bits per heavy atom. The molecule has 0 aliphatic carbocycles. The van der Waals surface area contributed by atoms with E-state index in [0.717, 1.165) is 18.4 Å². The normalized spacial score (nSPS) is 12.0. The second-order valence-corrected chi connectivity index (χ2v) is 8.51. The summed E-state index contributed by atoms with van der Waals surface area (Å²) in [6.07, 6.45) is -3.34. The number of rotatable bonds is 5. The van der Waals surface area contributed by atoms with Crippen molar-refractivity contribution in [3.05, 3.63) is 52.3 Å². The summed E-state index contributed by atoms with van der Waals surface area (Å²) in [6.45, 7) is 0. The molecule has 8 nitrogen and oxygen atoms in total. The maximum Gasteiger partial charge on any atom is 0.434 e. The lowest BCUT2D eigenvalue weighted by atomic mass is 10.3. The molecule has 0 spiro atoms. The Morgan fingerprint density at radius 3 is 2.41 bits per heavy atom. The fraction of sp³-hybridized carbons (Fsp3) is 0.133. The van der Waals surface area contributed by atoms with Gasteiger partial charge in [-0.1, -0.05) is 11.6 Å². The molecule has 0 atom stereocenters. The Bertz CT molecular complexity index is 1140. The first-order chi connectivity index (χ1) is 13.5. The van der Waals surface area contributed by atoms with Crippen LogP contribution in [0.5, 0.6) is 0 Å². The van der Waals surface area contributed by atoms with Crippen molar-refractivity contribution in [2.75, 3.05) is 10.0 Å². The van der Waals surface area contributed by atoms with Gasteiger partial charge in [0.25, 0.3) is 15.9 Å². The topological polar surface area (TPSA) is 106 Å². The van der Waals surface area contributed by atoms with E-state index in [1.54, 1.807) is 5.38 Å². The number of sulfonamides is 1. The first kappa shape index (κ1) is 21.1. The quantitative estimate of drug-likeness (QED) is 0.599. The Balaban J connectivity index is 1.77. The molecule has 1 amide bonds. The standard InChI is InChI=1S/C15H11ClF3N5O3S2/c1-24-12(15(17,18)19)10(16)11(22-24)13(25)21-8-2-4-9(5-3-8)29(26,27)23-14-20-6-7-28-14/h2-7H,1H3,(H,20,23)(H,21,25). The molecular weight excluding hydrogens is 455 g/mol. The van der Waals surface area contributed by atoms with Crippen LogP contribution in [0, 0.1) is 0 Å². The van der Waals surface area contributed by atoms with Gasteiger partial charge in [0.15, 0.2) is 16.5 Å². The first-order valence-corrected chi connectivity index (χ1v) is 10.4. The third-order valence-electron chi connectivity index (χ3n) is 3.55. The lowest BCUT2D eigenvalue weighted by Gasteiger charge is -2.07. The average molecular weight is 466 g/mol. The highest BCUT2D eigenvalue weighted by molar-refractivity contribution is 7.93. The van der Waals surface area contributed by atoms with Gasteiger partial charge >= 0.3 is 6.18 Å². The molecule has 0 saturated carbocycles. The van der Waals surface area contributed by atoms with E-state index in [9.17, 15) is 26.4 Å². The summed E-state index contributed by atoms with van der Waals surface area (Å²) >= 11 is 6.77. The Morgan fingerprint density at radius 2 is 1.90 bits per heavy atom. The summed E-state index contributed by atoms with van der Waals surface area (Å²) in [5, 5.41) is 6.79. The predicted octanol–water partition coefficient (Wildman–Crippen LogP) is 3.60. The van der Waals surface area contributed by atoms with Gasteiger partial charge in [0.05, 0.1) is 4.90 Å². The molecule has 0 bridgehead atoms. The number of aromatic nitrogens is 3. The van der Waals surface area contributed by atoms with Crippen LogP contribution in [0.3, 0.4) is 0 Å². The van der Waals surface area contributed by atoms with Gasteiger partial charge in [-0.2, -0.15) is 18.3 Å². The van der Waals surface area contributed by atoms with Crippen LogP contribution in [0.25, 0.3) is 0 Å². The average Bonchev–Trinajstić information content (AvgIpc) is 3.21. The molecule has 0 aliphatic heterocycles. The summed E-state index contributed by atoms with van der Waals surface area (Å²) in [7, 11) is -2.87. The van der Waals surface area contributed by atoms with E-state index in [1.165, 1.54) is 30.5 Å². The largest absolute Gasteiger partial charge is 0.434 e. The van der Waals surface area contributed by atoms with Gasteiger partial charge in [-0.3, -0.25) is 14.2 Å². The van der Waals surface area contributed by atoms with E-state index in [-0.39, 0.29) is 15.7 Å². The number of benzene rings is 1. The minimum Gasteiger partial charge on any atom is -0.321 e. The molecule has 0 saturated heterocycles. The third-order valence-corrected chi connectivity index (χ3v) is 6.08. The summed E-state index contributed by atoms with van der Waals surface area (Å²) < 4.78 is 66.2. The van der Waals surface area contributed by atoms with Crippen LogP contribution in [0.2, 0.25) is 5.02 Å². The molecule has 3 aromatic rings. The molecule has 1 aromatic carbocycles. The monoisotopic (exact) mass is 465 g/mol. The van der Waals surface area contributed by atoms with Crippen molar-refractivity contribution in [3.8, 4) is 0 Å². The zero-order valence-corrected chi connectivity index (χ0v) is 16.7. The van der Waals surface area contributed by atoms with Gasteiger partial charge in [-0.05, 0) is 24.3 Å². The van der Waals surface area contributed by atoms with Gasteiger partial charge in [0.1, 0.15) is 5.02 Å². The second-order valence-electron chi connectivity index (χ2n) is 5.55. The maximum atomic E-state index is 13.0. The van der Waals surface area contributed by atoms with Crippen LogP contribution >= 0.6 is 22.9 Å². The summed E-state index contributed by atoms with van der Waals surface area (Å²) in [5.41, 5.74) is -1.72. The predicted molar refractivity (Wildman–Crippen MR) is 101 cm³/mol. The Hall–Kier alpha value is -2.64. The van der Waals surface area contributed by atoms with Gasteiger partial charge < -0.3 is 5.32 Å². The summed E-state index contributed by atoms with van der Waals surface area (Å²) in [4.78, 5) is 16.0. The zero-order chi connectivity index (χ0) is 21.4. The molecule has 2 heterocycles. The van der Waals surface area contributed by atoms with Crippen molar-refractivity contribution in [1.29, 1.82) is 0 Å². The molecule has 14 heteroatoms. The van der Waals surface area contributed by atoms with Crippen LogP contribution in [-0.4, -0.2) is 29.1 Å². The number of anilines is 2. The SMILES string of the molecule is Cn1nc(C(=O)Nc2ccc(S(=O)(=O)Nc3nccs3)cc2)c(Cl)c1C(F)(F)F.